The summed E-state index contributed by atoms with van der Waals surface area (Å²) in [6, 6.07) is 8.42. The molecule has 3 rings (SSSR count). The second-order valence-electron chi connectivity index (χ2n) is 5.23. The fraction of sp³-hybridized carbons (Fsp3) is 0.467. The number of nitrogens with two attached hydrogens (primary N) is 1. The van der Waals surface area contributed by atoms with Crippen LogP contribution >= 0.6 is 0 Å². The van der Waals surface area contributed by atoms with E-state index in [0.29, 0.717) is 0 Å². The minimum absolute atomic E-state index is 0.0502. The molecule has 1 aromatic carbocycles. The van der Waals surface area contributed by atoms with Crippen LogP contribution in [-0.4, -0.2) is 42.7 Å². The molecule has 0 radical (unpaired) electrons. The number of nitrogens with zero attached hydrogens (tertiary/aromatic N) is 1. The maximum Gasteiger partial charge on any atom is 0.0594 e. The van der Waals surface area contributed by atoms with Gasteiger partial charge in [0.25, 0.3) is 0 Å². The molecule has 1 unspecified atom stereocenters. The predicted molar refractivity (Wildman–Crippen MR) is 77.2 cm³/mol. The molecule has 0 spiro atoms. The first-order valence-corrected chi connectivity index (χ1v) is 6.88. The fourth-order valence-electron chi connectivity index (χ4n) is 2.93. The summed E-state index contributed by atoms with van der Waals surface area (Å²) in [6.45, 7) is 6.60. The van der Waals surface area contributed by atoms with E-state index in [1.54, 1.807) is 0 Å². The Balaban J connectivity index is 1.84. The van der Waals surface area contributed by atoms with Gasteiger partial charge >= 0.3 is 0 Å². The number of hydrogen-bond acceptors (Lipinski definition) is 3. The van der Waals surface area contributed by atoms with Crippen molar-refractivity contribution < 1.29 is 4.74 Å². The van der Waals surface area contributed by atoms with Crippen molar-refractivity contribution in [2.75, 3.05) is 32.8 Å². The summed E-state index contributed by atoms with van der Waals surface area (Å²) < 4.78 is 5.38. The summed E-state index contributed by atoms with van der Waals surface area (Å²) in [5.74, 6) is 0. The Kier molecular flexibility index (Phi) is 3.55. The van der Waals surface area contributed by atoms with E-state index in [4.69, 9.17) is 10.5 Å². The summed E-state index contributed by atoms with van der Waals surface area (Å²) in [5, 5.41) is 1.25. The number of ether oxygens (including phenoxy) is 1. The molecule has 1 aliphatic heterocycles. The molecule has 2 aromatic rings. The lowest BCUT2D eigenvalue weighted by Crippen LogP contribution is -2.40. The molecule has 2 heterocycles. The van der Waals surface area contributed by atoms with E-state index in [0.717, 1.165) is 32.8 Å². The van der Waals surface area contributed by atoms with Crippen molar-refractivity contribution in [2.45, 2.75) is 13.0 Å². The first-order chi connectivity index (χ1) is 9.25. The van der Waals surface area contributed by atoms with Gasteiger partial charge in [-0.15, -0.1) is 0 Å². The van der Waals surface area contributed by atoms with Crippen LogP contribution in [0.2, 0.25) is 0 Å². The lowest BCUT2D eigenvalue weighted by Gasteiger charge is -2.29. The average molecular weight is 259 g/mol. The van der Waals surface area contributed by atoms with Gasteiger partial charge in [-0.25, -0.2) is 0 Å². The predicted octanol–water partition coefficient (Wildman–Crippen LogP) is 1.81. The van der Waals surface area contributed by atoms with Crippen LogP contribution < -0.4 is 5.73 Å². The van der Waals surface area contributed by atoms with Crippen LogP contribution in [0.15, 0.2) is 24.3 Å². The Morgan fingerprint density at radius 2 is 2.05 bits per heavy atom. The van der Waals surface area contributed by atoms with Gasteiger partial charge < -0.3 is 15.5 Å². The molecule has 3 N–H and O–H groups in total. The van der Waals surface area contributed by atoms with Crippen molar-refractivity contribution in [2.24, 2.45) is 5.73 Å². The van der Waals surface area contributed by atoms with Gasteiger partial charge in [-0.05, 0) is 18.6 Å². The van der Waals surface area contributed by atoms with Crippen molar-refractivity contribution in [3.05, 3.63) is 35.5 Å². The maximum absolute atomic E-state index is 6.43. The third-order valence-corrected chi connectivity index (χ3v) is 3.87. The largest absolute Gasteiger partial charge is 0.379 e. The molecule has 4 heteroatoms. The molecule has 4 nitrogen and oxygen atoms in total. The van der Waals surface area contributed by atoms with Crippen LogP contribution in [-0.2, 0) is 4.74 Å². The van der Waals surface area contributed by atoms with E-state index < -0.39 is 0 Å². The van der Waals surface area contributed by atoms with Gasteiger partial charge in [0.1, 0.15) is 0 Å². The Hall–Kier alpha value is -1.36. The number of aryl methyl sites for hydroxylation is 1. The Bertz CT molecular complexity index is 558. The highest BCUT2D eigenvalue weighted by atomic mass is 16.5. The van der Waals surface area contributed by atoms with Gasteiger partial charge in [-0.3, -0.25) is 4.90 Å². The second kappa shape index (κ2) is 5.33. The van der Waals surface area contributed by atoms with Crippen molar-refractivity contribution in [3.63, 3.8) is 0 Å². The van der Waals surface area contributed by atoms with E-state index in [9.17, 15) is 0 Å². The van der Waals surface area contributed by atoms with Crippen LogP contribution in [0.1, 0.15) is 17.3 Å². The molecule has 0 amide bonds. The zero-order chi connectivity index (χ0) is 13.2. The van der Waals surface area contributed by atoms with Gasteiger partial charge in [0.2, 0.25) is 0 Å². The van der Waals surface area contributed by atoms with Crippen molar-refractivity contribution in [1.29, 1.82) is 0 Å². The van der Waals surface area contributed by atoms with E-state index in [2.05, 4.69) is 41.1 Å². The molecule has 1 saturated heterocycles. The summed E-state index contributed by atoms with van der Waals surface area (Å²) >= 11 is 0. The van der Waals surface area contributed by atoms with Gasteiger partial charge in [0.05, 0.1) is 13.2 Å². The first-order valence-electron chi connectivity index (χ1n) is 6.88. The van der Waals surface area contributed by atoms with Crippen LogP contribution in [0.25, 0.3) is 10.9 Å². The number of morpholine rings is 1. The van der Waals surface area contributed by atoms with E-state index >= 15 is 0 Å². The highest BCUT2D eigenvalue weighted by molar-refractivity contribution is 5.85. The van der Waals surface area contributed by atoms with Crippen LogP contribution in [0.3, 0.4) is 0 Å². The standard InChI is InChI=1S/C15H21N3O/c1-11-15(12-4-2-3-5-14(12)17-11)13(16)10-18-6-8-19-9-7-18/h2-5,13,17H,6-10,16H2,1H3. The van der Waals surface area contributed by atoms with Crippen molar-refractivity contribution in [3.8, 4) is 0 Å². The van der Waals surface area contributed by atoms with Crippen LogP contribution in [0.5, 0.6) is 0 Å². The molecule has 0 aliphatic carbocycles. The minimum atomic E-state index is 0.0502. The molecule has 19 heavy (non-hydrogen) atoms. The van der Waals surface area contributed by atoms with E-state index in [1.165, 1.54) is 22.2 Å². The Morgan fingerprint density at radius 3 is 2.84 bits per heavy atom. The lowest BCUT2D eigenvalue weighted by atomic mass is 10.0. The number of benzene rings is 1. The third kappa shape index (κ3) is 2.52. The zero-order valence-corrected chi connectivity index (χ0v) is 11.4. The number of hydrogen-bond donors (Lipinski definition) is 2. The number of aromatic nitrogens is 1. The molecular formula is C15H21N3O. The van der Waals surface area contributed by atoms with E-state index in [1.807, 2.05) is 0 Å². The van der Waals surface area contributed by atoms with Crippen molar-refractivity contribution >= 4 is 10.9 Å². The fourth-order valence-corrected chi connectivity index (χ4v) is 2.93. The number of aromatic amines is 1. The monoisotopic (exact) mass is 259 g/mol. The summed E-state index contributed by atoms with van der Waals surface area (Å²) in [4.78, 5) is 5.81. The Labute approximate surface area is 113 Å². The maximum atomic E-state index is 6.43. The van der Waals surface area contributed by atoms with Gasteiger partial charge in [-0.2, -0.15) is 0 Å². The first kappa shape index (κ1) is 12.7. The normalized spacial score (nSPS) is 18.8. The van der Waals surface area contributed by atoms with Gasteiger partial charge in [0.15, 0.2) is 0 Å². The van der Waals surface area contributed by atoms with Gasteiger partial charge in [-0.1, -0.05) is 18.2 Å². The molecule has 1 aliphatic rings. The summed E-state index contributed by atoms with van der Waals surface area (Å²) in [6.07, 6.45) is 0. The minimum Gasteiger partial charge on any atom is -0.379 e. The third-order valence-electron chi connectivity index (χ3n) is 3.87. The molecule has 0 saturated carbocycles. The zero-order valence-electron chi connectivity index (χ0n) is 11.4. The molecular weight excluding hydrogens is 238 g/mol. The summed E-state index contributed by atoms with van der Waals surface area (Å²) in [5.41, 5.74) is 10.0. The van der Waals surface area contributed by atoms with Gasteiger partial charge in [0, 0.05) is 42.3 Å². The quantitative estimate of drug-likeness (QED) is 0.884. The number of para-hydroxylation sites is 1. The molecule has 1 atom stereocenters. The number of nitrogens with one attached hydrogen (secondary N) is 1. The van der Waals surface area contributed by atoms with Crippen LogP contribution in [0.4, 0.5) is 0 Å². The second-order valence-corrected chi connectivity index (χ2v) is 5.23. The number of rotatable bonds is 3. The topological polar surface area (TPSA) is 54.3 Å². The summed E-state index contributed by atoms with van der Waals surface area (Å²) in [7, 11) is 0. The Morgan fingerprint density at radius 1 is 1.32 bits per heavy atom. The highest BCUT2D eigenvalue weighted by Gasteiger charge is 2.19. The SMILES string of the molecule is Cc1[nH]c2ccccc2c1C(N)CN1CCOCC1. The highest BCUT2D eigenvalue weighted by Crippen LogP contribution is 2.27. The number of fused-ring (bicyclic) bond motifs is 1. The molecule has 1 aromatic heterocycles. The lowest BCUT2D eigenvalue weighted by molar-refractivity contribution is 0.0353. The average Bonchev–Trinajstić information content (AvgIpc) is 2.75. The molecule has 1 fully saturated rings. The van der Waals surface area contributed by atoms with E-state index in [-0.39, 0.29) is 6.04 Å². The smallest absolute Gasteiger partial charge is 0.0594 e. The van der Waals surface area contributed by atoms with Crippen LogP contribution in [0, 0.1) is 6.92 Å². The van der Waals surface area contributed by atoms with Crippen molar-refractivity contribution in [1.82, 2.24) is 9.88 Å². The molecule has 0 bridgehead atoms. The number of H-pyrrole nitrogens is 1. The molecule has 102 valence electrons.